The zero-order valence-electron chi connectivity index (χ0n) is 19.5. The summed E-state index contributed by atoms with van der Waals surface area (Å²) in [5.74, 6) is -1.22. The summed E-state index contributed by atoms with van der Waals surface area (Å²) in [6, 6.07) is 10.2. The van der Waals surface area contributed by atoms with Gasteiger partial charge in [0.25, 0.3) is 11.6 Å². The molecule has 2 heterocycles. The standard InChI is InChI=1S/C24H26N6O6/c31-21(10-13-29-22(32)15-25-24(29)34)26-16-4-6-17(7-5-16)27-23(33)19-14-18(30(35)36)8-9-20(19)28-11-2-1-3-12-28/h4-9,14H,1-3,10-13,15H2,(H,25,34)(H,26,31)(H,27,33). The minimum absolute atomic E-state index is 0.0206. The fourth-order valence-electron chi connectivity index (χ4n) is 4.18. The Morgan fingerprint density at radius 1 is 0.972 bits per heavy atom. The van der Waals surface area contributed by atoms with E-state index in [-0.39, 0.29) is 42.6 Å². The average molecular weight is 495 g/mol. The lowest BCUT2D eigenvalue weighted by molar-refractivity contribution is -0.384. The van der Waals surface area contributed by atoms with Crippen LogP contribution >= 0.6 is 0 Å². The van der Waals surface area contributed by atoms with Crippen LogP contribution in [-0.2, 0) is 9.59 Å². The van der Waals surface area contributed by atoms with Crippen LogP contribution < -0.4 is 20.9 Å². The molecule has 3 N–H and O–H groups in total. The smallest absolute Gasteiger partial charge is 0.324 e. The Kier molecular flexibility index (Phi) is 7.42. The van der Waals surface area contributed by atoms with Gasteiger partial charge in [0.05, 0.1) is 22.7 Å². The van der Waals surface area contributed by atoms with E-state index in [9.17, 15) is 29.3 Å². The summed E-state index contributed by atoms with van der Waals surface area (Å²) < 4.78 is 0. The molecule has 12 nitrogen and oxygen atoms in total. The lowest BCUT2D eigenvalue weighted by atomic mass is 10.1. The van der Waals surface area contributed by atoms with E-state index >= 15 is 0 Å². The van der Waals surface area contributed by atoms with Crippen molar-refractivity contribution < 1.29 is 24.1 Å². The Balaban J connectivity index is 1.39. The van der Waals surface area contributed by atoms with Gasteiger partial charge in [-0.3, -0.25) is 29.4 Å². The highest BCUT2D eigenvalue weighted by Crippen LogP contribution is 2.29. The maximum Gasteiger partial charge on any atom is 0.324 e. The molecule has 2 aliphatic rings. The fourth-order valence-corrected chi connectivity index (χ4v) is 4.18. The number of amides is 5. The molecular formula is C24H26N6O6. The first-order valence-electron chi connectivity index (χ1n) is 11.6. The maximum atomic E-state index is 13.1. The second-order valence-corrected chi connectivity index (χ2v) is 8.54. The minimum atomic E-state index is -0.527. The number of piperidine rings is 1. The second-order valence-electron chi connectivity index (χ2n) is 8.54. The number of hydrogen-bond acceptors (Lipinski definition) is 7. The van der Waals surface area contributed by atoms with E-state index < -0.39 is 16.9 Å². The van der Waals surface area contributed by atoms with E-state index in [0.29, 0.717) is 17.1 Å². The van der Waals surface area contributed by atoms with Gasteiger partial charge in [-0.2, -0.15) is 0 Å². The van der Waals surface area contributed by atoms with Crippen molar-refractivity contribution in [2.75, 3.05) is 41.7 Å². The largest absolute Gasteiger partial charge is 0.371 e. The van der Waals surface area contributed by atoms with Crippen LogP contribution in [-0.4, -0.2) is 59.8 Å². The first-order valence-corrected chi connectivity index (χ1v) is 11.6. The molecule has 2 aromatic rings. The maximum absolute atomic E-state index is 13.1. The van der Waals surface area contributed by atoms with Crippen molar-refractivity contribution >= 4 is 46.5 Å². The Morgan fingerprint density at radius 3 is 2.25 bits per heavy atom. The lowest BCUT2D eigenvalue weighted by Gasteiger charge is -2.30. The SMILES string of the molecule is O=C(CCN1C(=O)CNC1=O)Nc1ccc(NC(=O)c2cc([N+](=O)[O-])ccc2N2CCCCC2)cc1. The summed E-state index contributed by atoms with van der Waals surface area (Å²) in [5, 5.41) is 19.1. The molecule has 2 aliphatic heterocycles. The Morgan fingerprint density at radius 2 is 1.64 bits per heavy atom. The number of urea groups is 1. The van der Waals surface area contributed by atoms with Gasteiger partial charge in [0.2, 0.25) is 11.8 Å². The van der Waals surface area contributed by atoms with Crippen molar-refractivity contribution in [3.63, 3.8) is 0 Å². The van der Waals surface area contributed by atoms with Crippen molar-refractivity contribution in [3.05, 3.63) is 58.1 Å². The van der Waals surface area contributed by atoms with Gasteiger partial charge in [-0.1, -0.05) is 0 Å². The van der Waals surface area contributed by atoms with Crippen LogP contribution in [0.5, 0.6) is 0 Å². The highest BCUT2D eigenvalue weighted by molar-refractivity contribution is 6.09. The van der Waals surface area contributed by atoms with Crippen LogP contribution in [0.25, 0.3) is 0 Å². The van der Waals surface area contributed by atoms with Gasteiger partial charge in [-0.15, -0.1) is 0 Å². The van der Waals surface area contributed by atoms with E-state index in [4.69, 9.17) is 0 Å². The Labute approximate surface area is 206 Å². The lowest BCUT2D eigenvalue weighted by Crippen LogP contribution is -2.33. The monoisotopic (exact) mass is 494 g/mol. The number of carbonyl (C=O) groups is 4. The van der Waals surface area contributed by atoms with Gasteiger partial charge in [-0.25, -0.2) is 4.79 Å². The Hall–Kier alpha value is -4.48. The second kappa shape index (κ2) is 10.8. The van der Waals surface area contributed by atoms with Crippen LogP contribution in [0.15, 0.2) is 42.5 Å². The highest BCUT2D eigenvalue weighted by atomic mass is 16.6. The van der Waals surface area contributed by atoms with Crippen molar-refractivity contribution in [2.45, 2.75) is 25.7 Å². The number of nitrogens with zero attached hydrogens (tertiary/aromatic N) is 3. The molecule has 0 aliphatic carbocycles. The van der Waals surface area contributed by atoms with Crippen molar-refractivity contribution in [3.8, 4) is 0 Å². The zero-order valence-corrected chi connectivity index (χ0v) is 19.5. The van der Waals surface area contributed by atoms with Gasteiger partial charge in [0.15, 0.2) is 0 Å². The van der Waals surface area contributed by atoms with Gasteiger partial charge in [0, 0.05) is 49.6 Å². The molecular weight excluding hydrogens is 468 g/mol. The average Bonchev–Trinajstić information content (AvgIpc) is 3.20. The molecule has 0 bridgehead atoms. The topological polar surface area (TPSA) is 154 Å². The summed E-state index contributed by atoms with van der Waals surface area (Å²) in [6.07, 6.45) is 3.04. The number of benzene rings is 2. The molecule has 12 heteroatoms. The number of nitro benzene ring substituents is 1. The normalized spacial score (nSPS) is 15.4. The van der Waals surface area contributed by atoms with E-state index in [0.717, 1.165) is 37.3 Å². The van der Waals surface area contributed by atoms with Gasteiger partial charge >= 0.3 is 6.03 Å². The molecule has 0 aromatic heterocycles. The van der Waals surface area contributed by atoms with Crippen molar-refractivity contribution in [2.24, 2.45) is 0 Å². The summed E-state index contributed by atoms with van der Waals surface area (Å²) in [6.45, 7) is 1.48. The summed E-state index contributed by atoms with van der Waals surface area (Å²) in [5.41, 5.74) is 1.65. The van der Waals surface area contributed by atoms with Crippen molar-refractivity contribution in [1.82, 2.24) is 10.2 Å². The first-order chi connectivity index (χ1) is 17.3. The number of anilines is 3. The number of imide groups is 1. The number of hydrogen-bond donors (Lipinski definition) is 3. The number of carbonyl (C=O) groups excluding carboxylic acids is 4. The van der Waals surface area contributed by atoms with Crippen LogP contribution in [0.2, 0.25) is 0 Å². The summed E-state index contributed by atoms with van der Waals surface area (Å²) in [7, 11) is 0. The molecule has 4 rings (SSSR count). The molecule has 2 fully saturated rings. The molecule has 188 valence electrons. The molecule has 0 unspecified atom stereocenters. The molecule has 5 amide bonds. The fraction of sp³-hybridized carbons (Fsp3) is 0.333. The minimum Gasteiger partial charge on any atom is -0.371 e. The molecule has 0 spiro atoms. The van der Waals surface area contributed by atoms with Crippen molar-refractivity contribution in [1.29, 1.82) is 0 Å². The van der Waals surface area contributed by atoms with E-state index in [1.54, 1.807) is 30.3 Å². The molecule has 0 radical (unpaired) electrons. The summed E-state index contributed by atoms with van der Waals surface area (Å²) >= 11 is 0. The number of non-ortho nitro benzene ring substituents is 1. The van der Waals surface area contributed by atoms with Gasteiger partial charge in [0.1, 0.15) is 0 Å². The molecule has 0 atom stereocenters. The van der Waals surface area contributed by atoms with Crippen LogP contribution in [0.1, 0.15) is 36.0 Å². The quantitative estimate of drug-likeness (QED) is 0.290. The number of nitrogens with one attached hydrogen (secondary N) is 3. The van der Waals surface area contributed by atoms with E-state index in [2.05, 4.69) is 20.9 Å². The third-order valence-electron chi connectivity index (χ3n) is 6.06. The van der Waals surface area contributed by atoms with E-state index in [1.807, 2.05) is 0 Å². The van der Waals surface area contributed by atoms with Gasteiger partial charge < -0.3 is 20.9 Å². The van der Waals surface area contributed by atoms with Crippen LogP contribution in [0, 0.1) is 10.1 Å². The van der Waals surface area contributed by atoms with Gasteiger partial charge in [-0.05, 0) is 49.6 Å². The third kappa shape index (κ3) is 5.77. The predicted octanol–water partition coefficient (Wildman–Crippen LogP) is 2.72. The third-order valence-corrected chi connectivity index (χ3v) is 6.06. The number of nitro groups is 1. The van der Waals surface area contributed by atoms with Crippen LogP contribution in [0.4, 0.5) is 27.5 Å². The molecule has 36 heavy (non-hydrogen) atoms. The Bertz CT molecular complexity index is 1180. The molecule has 0 saturated carbocycles. The van der Waals surface area contributed by atoms with Crippen LogP contribution in [0.3, 0.4) is 0 Å². The summed E-state index contributed by atoms with van der Waals surface area (Å²) in [4.78, 5) is 62.2. The zero-order chi connectivity index (χ0) is 25.7. The number of rotatable bonds is 8. The predicted molar refractivity (Wildman–Crippen MR) is 132 cm³/mol. The highest BCUT2D eigenvalue weighted by Gasteiger charge is 2.28. The molecule has 2 saturated heterocycles. The van der Waals surface area contributed by atoms with E-state index in [1.165, 1.54) is 12.1 Å². The first kappa shape index (κ1) is 24.6. The molecule has 2 aromatic carbocycles.